The van der Waals surface area contributed by atoms with E-state index in [0.29, 0.717) is 0 Å². The highest BCUT2D eigenvalue weighted by Crippen LogP contribution is 2.40. The maximum atomic E-state index is 12.6. The highest BCUT2D eigenvalue weighted by Gasteiger charge is 2.54. The molecule has 0 spiro atoms. The van der Waals surface area contributed by atoms with Gasteiger partial charge in [-0.1, -0.05) is 25.0 Å². The number of fused-ring (bicyclic) bond motifs is 2. The average molecular weight is 265 g/mol. The minimum Gasteiger partial charge on any atom is -0.481 e. The van der Waals surface area contributed by atoms with Crippen molar-refractivity contribution in [1.82, 2.24) is 4.90 Å². The SMILES string of the molecule is O=C(O)[C@@H]1[C@H](C(=O)N2CCCCCC2)[C@H]2C=C[C@@H]1O2. The summed E-state index contributed by atoms with van der Waals surface area (Å²) in [6.45, 7) is 1.51. The Morgan fingerprint density at radius 3 is 2.16 bits per heavy atom. The molecule has 5 heteroatoms. The first-order valence-electron chi connectivity index (χ1n) is 7.04. The first kappa shape index (κ1) is 12.7. The quantitative estimate of drug-likeness (QED) is 0.758. The van der Waals surface area contributed by atoms with Crippen molar-refractivity contribution < 1.29 is 19.4 Å². The number of carboxylic acid groups (broad SMARTS) is 1. The number of nitrogens with zero attached hydrogens (tertiary/aromatic N) is 1. The van der Waals surface area contributed by atoms with Gasteiger partial charge in [0.1, 0.15) is 5.92 Å². The van der Waals surface area contributed by atoms with Crippen LogP contribution in [0.1, 0.15) is 25.7 Å². The molecule has 104 valence electrons. The van der Waals surface area contributed by atoms with Gasteiger partial charge in [0.25, 0.3) is 0 Å². The topological polar surface area (TPSA) is 66.8 Å². The van der Waals surface area contributed by atoms with Crippen molar-refractivity contribution >= 4 is 11.9 Å². The van der Waals surface area contributed by atoms with Gasteiger partial charge < -0.3 is 14.7 Å². The summed E-state index contributed by atoms with van der Waals surface area (Å²) in [7, 11) is 0. The highest BCUT2D eigenvalue weighted by molar-refractivity contribution is 5.87. The van der Waals surface area contributed by atoms with Crippen molar-refractivity contribution in [3.05, 3.63) is 12.2 Å². The van der Waals surface area contributed by atoms with Crippen LogP contribution in [-0.4, -0.2) is 47.2 Å². The van der Waals surface area contributed by atoms with E-state index in [4.69, 9.17) is 4.74 Å². The minimum absolute atomic E-state index is 0.0360. The molecular formula is C14H19NO4. The summed E-state index contributed by atoms with van der Waals surface area (Å²) in [5.41, 5.74) is 0. The van der Waals surface area contributed by atoms with Crippen LogP contribution >= 0.6 is 0 Å². The summed E-state index contributed by atoms with van der Waals surface area (Å²) in [5.74, 6) is -2.22. The molecule has 0 aliphatic carbocycles. The summed E-state index contributed by atoms with van der Waals surface area (Å²) in [5, 5.41) is 9.32. The Morgan fingerprint density at radius 2 is 1.58 bits per heavy atom. The van der Waals surface area contributed by atoms with E-state index in [1.807, 2.05) is 11.0 Å². The number of carbonyl (C=O) groups excluding carboxylic acids is 1. The van der Waals surface area contributed by atoms with Crippen LogP contribution in [0.25, 0.3) is 0 Å². The Kier molecular flexibility index (Phi) is 3.31. The molecule has 3 heterocycles. The van der Waals surface area contributed by atoms with Crippen molar-refractivity contribution in [3.63, 3.8) is 0 Å². The summed E-state index contributed by atoms with van der Waals surface area (Å²) < 4.78 is 5.56. The smallest absolute Gasteiger partial charge is 0.310 e. The first-order chi connectivity index (χ1) is 9.18. The van der Waals surface area contributed by atoms with E-state index in [2.05, 4.69) is 0 Å². The normalized spacial score (nSPS) is 37.4. The second-order valence-corrected chi connectivity index (χ2v) is 5.58. The van der Waals surface area contributed by atoms with E-state index in [-0.39, 0.29) is 12.0 Å². The lowest BCUT2D eigenvalue weighted by atomic mass is 9.82. The maximum Gasteiger partial charge on any atom is 0.310 e. The number of ether oxygens (including phenoxy) is 1. The van der Waals surface area contributed by atoms with Crippen LogP contribution in [0, 0.1) is 11.8 Å². The number of hydrogen-bond acceptors (Lipinski definition) is 3. The van der Waals surface area contributed by atoms with Crippen molar-refractivity contribution in [2.75, 3.05) is 13.1 Å². The second-order valence-electron chi connectivity index (χ2n) is 5.58. The van der Waals surface area contributed by atoms with Crippen molar-refractivity contribution in [2.24, 2.45) is 11.8 Å². The van der Waals surface area contributed by atoms with Gasteiger partial charge >= 0.3 is 5.97 Å². The van der Waals surface area contributed by atoms with Gasteiger partial charge in [-0.25, -0.2) is 0 Å². The van der Waals surface area contributed by atoms with Crippen molar-refractivity contribution in [1.29, 1.82) is 0 Å². The lowest BCUT2D eigenvalue weighted by Crippen LogP contribution is -2.45. The Balaban J connectivity index is 1.78. The Bertz CT molecular complexity index is 412. The summed E-state index contributed by atoms with van der Waals surface area (Å²) >= 11 is 0. The molecule has 1 amide bonds. The lowest BCUT2D eigenvalue weighted by Gasteiger charge is -2.28. The molecule has 19 heavy (non-hydrogen) atoms. The van der Waals surface area contributed by atoms with E-state index in [1.165, 1.54) is 0 Å². The van der Waals surface area contributed by atoms with E-state index < -0.39 is 23.9 Å². The molecular weight excluding hydrogens is 246 g/mol. The predicted octanol–water partition coefficient (Wildman–Crippen LogP) is 1.04. The van der Waals surface area contributed by atoms with Gasteiger partial charge in [-0.05, 0) is 12.8 Å². The molecule has 0 aromatic carbocycles. The molecule has 2 saturated heterocycles. The molecule has 5 nitrogen and oxygen atoms in total. The van der Waals surface area contributed by atoms with Gasteiger partial charge in [0.2, 0.25) is 5.91 Å². The minimum atomic E-state index is -0.926. The molecule has 1 N–H and O–H groups in total. The Labute approximate surface area is 112 Å². The van der Waals surface area contributed by atoms with E-state index >= 15 is 0 Å². The molecule has 0 unspecified atom stereocenters. The molecule has 3 rings (SSSR count). The predicted molar refractivity (Wildman–Crippen MR) is 67.5 cm³/mol. The van der Waals surface area contributed by atoms with Crippen LogP contribution in [0.3, 0.4) is 0 Å². The lowest BCUT2D eigenvalue weighted by molar-refractivity contribution is -0.149. The number of carboxylic acids is 1. The van der Waals surface area contributed by atoms with Gasteiger partial charge in [-0.15, -0.1) is 0 Å². The summed E-state index contributed by atoms with van der Waals surface area (Å²) in [6.07, 6.45) is 7.17. The van der Waals surface area contributed by atoms with E-state index in [9.17, 15) is 14.7 Å². The largest absolute Gasteiger partial charge is 0.481 e. The van der Waals surface area contributed by atoms with E-state index in [0.717, 1.165) is 38.8 Å². The molecule has 4 atom stereocenters. The van der Waals surface area contributed by atoms with Crippen LogP contribution < -0.4 is 0 Å². The van der Waals surface area contributed by atoms with Crippen LogP contribution in [0.5, 0.6) is 0 Å². The zero-order chi connectivity index (χ0) is 13.4. The third-order valence-electron chi connectivity index (χ3n) is 4.39. The van der Waals surface area contributed by atoms with Crippen LogP contribution in [-0.2, 0) is 14.3 Å². The van der Waals surface area contributed by atoms with Crippen LogP contribution in [0.2, 0.25) is 0 Å². The third kappa shape index (κ3) is 2.16. The van der Waals surface area contributed by atoms with Gasteiger partial charge in [0, 0.05) is 13.1 Å². The monoisotopic (exact) mass is 265 g/mol. The van der Waals surface area contributed by atoms with E-state index in [1.54, 1.807) is 6.08 Å². The van der Waals surface area contributed by atoms with Crippen LogP contribution in [0.15, 0.2) is 12.2 Å². The number of carbonyl (C=O) groups is 2. The molecule has 2 fully saturated rings. The molecule has 0 saturated carbocycles. The Morgan fingerprint density at radius 1 is 1.00 bits per heavy atom. The fraction of sp³-hybridized carbons (Fsp3) is 0.714. The highest BCUT2D eigenvalue weighted by atomic mass is 16.5. The molecule has 0 aromatic heterocycles. The third-order valence-corrected chi connectivity index (χ3v) is 4.39. The van der Waals surface area contributed by atoms with Crippen molar-refractivity contribution in [2.45, 2.75) is 37.9 Å². The molecule has 0 radical (unpaired) electrons. The van der Waals surface area contributed by atoms with Crippen LogP contribution in [0.4, 0.5) is 0 Å². The Hall–Kier alpha value is -1.36. The molecule has 3 aliphatic heterocycles. The maximum absolute atomic E-state index is 12.6. The van der Waals surface area contributed by atoms with Crippen molar-refractivity contribution in [3.8, 4) is 0 Å². The molecule has 0 aromatic rings. The fourth-order valence-corrected chi connectivity index (χ4v) is 3.40. The van der Waals surface area contributed by atoms with Gasteiger partial charge in [0.05, 0.1) is 18.1 Å². The first-order valence-corrected chi connectivity index (χ1v) is 7.04. The number of likely N-dealkylation sites (tertiary alicyclic amines) is 1. The zero-order valence-corrected chi connectivity index (χ0v) is 10.8. The number of hydrogen-bond donors (Lipinski definition) is 1. The molecule has 2 bridgehead atoms. The van der Waals surface area contributed by atoms with Gasteiger partial charge in [0.15, 0.2) is 0 Å². The van der Waals surface area contributed by atoms with Gasteiger partial charge in [-0.2, -0.15) is 0 Å². The second kappa shape index (κ2) is 4.96. The van der Waals surface area contributed by atoms with Gasteiger partial charge in [-0.3, -0.25) is 9.59 Å². The summed E-state index contributed by atoms with van der Waals surface area (Å²) in [6, 6.07) is 0. The zero-order valence-electron chi connectivity index (χ0n) is 10.8. The number of rotatable bonds is 2. The number of amides is 1. The standard InChI is InChI=1S/C14H19NO4/c16-13(15-7-3-1-2-4-8-15)11-9-5-6-10(19-9)12(11)14(17)18/h5-6,9-12H,1-4,7-8H2,(H,17,18)/t9-,10+,11-,12+/m1/s1. The number of aliphatic carboxylic acids is 1. The average Bonchev–Trinajstić information content (AvgIpc) is 2.89. The fourth-order valence-electron chi connectivity index (χ4n) is 3.40. The summed E-state index contributed by atoms with van der Waals surface area (Å²) in [4.78, 5) is 25.8. The molecule has 3 aliphatic rings.